The highest BCUT2D eigenvalue weighted by Gasteiger charge is 2.11. The summed E-state index contributed by atoms with van der Waals surface area (Å²) in [5.74, 6) is 0.573. The number of nitro benzene ring substituents is 1. The van der Waals surface area contributed by atoms with Gasteiger partial charge in [0.05, 0.1) is 17.6 Å². The Hall–Kier alpha value is -3.66. The van der Waals surface area contributed by atoms with Crippen LogP contribution in [0.2, 0.25) is 0 Å². The smallest absolute Gasteiger partial charge is 0.336 e. The Morgan fingerprint density at radius 2 is 1.89 bits per heavy atom. The van der Waals surface area contributed by atoms with Crippen LogP contribution >= 0.6 is 0 Å². The van der Waals surface area contributed by atoms with Crippen LogP contribution in [0.1, 0.15) is 19.3 Å². The molecule has 0 N–H and O–H groups in total. The van der Waals surface area contributed by atoms with Crippen LogP contribution in [-0.2, 0) is 0 Å². The van der Waals surface area contributed by atoms with Crippen molar-refractivity contribution in [2.45, 2.75) is 19.3 Å². The molecule has 1 aromatic heterocycles. The summed E-state index contributed by atoms with van der Waals surface area (Å²) in [7, 11) is 0. The molecule has 2 aromatic carbocycles. The van der Waals surface area contributed by atoms with Gasteiger partial charge in [0.1, 0.15) is 11.3 Å². The number of ether oxygens (including phenoxy) is 1. The Bertz CT molecular complexity index is 1060. The Kier molecular flexibility index (Phi) is 5.47. The second kappa shape index (κ2) is 8.15. The second-order valence-electron chi connectivity index (χ2n) is 5.90. The van der Waals surface area contributed by atoms with Crippen molar-refractivity contribution in [3.05, 3.63) is 69.1 Å². The fraction of sp³-hybridized carbons (Fsp3) is 0.200. The number of unbranched alkanes of at least 4 members (excludes halogenated alkanes) is 2. The summed E-state index contributed by atoms with van der Waals surface area (Å²) in [4.78, 5) is 22.3. The summed E-state index contributed by atoms with van der Waals surface area (Å²) < 4.78 is 10.9. The maximum atomic E-state index is 11.9. The standard InChI is InChI=1S/C20H16N2O5/c21-10-2-1-3-11-26-16-8-9-17-18(13-20(23)27-19(17)12-16)14-4-6-15(7-5-14)22(24)25/h4-9,12-13H,1-3,11H2. The van der Waals surface area contributed by atoms with E-state index in [2.05, 4.69) is 6.07 Å². The van der Waals surface area contributed by atoms with Crippen molar-refractivity contribution in [3.63, 3.8) is 0 Å². The zero-order chi connectivity index (χ0) is 19.2. The van der Waals surface area contributed by atoms with Gasteiger partial charge in [0.25, 0.3) is 5.69 Å². The number of rotatable bonds is 7. The summed E-state index contributed by atoms with van der Waals surface area (Å²) in [5, 5.41) is 20.0. The highest BCUT2D eigenvalue weighted by Crippen LogP contribution is 2.30. The Morgan fingerprint density at radius 1 is 1.11 bits per heavy atom. The average Bonchev–Trinajstić information content (AvgIpc) is 2.67. The largest absolute Gasteiger partial charge is 0.493 e. The lowest BCUT2D eigenvalue weighted by molar-refractivity contribution is -0.384. The molecule has 0 amide bonds. The zero-order valence-electron chi connectivity index (χ0n) is 14.4. The predicted molar refractivity (Wildman–Crippen MR) is 99.5 cm³/mol. The molecule has 3 rings (SSSR count). The Morgan fingerprint density at radius 3 is 2.59 bits per heavy atom. The number of non-ortho nitro benzene ring substituents is 1. The summed E-state index contributed by atoms with van der Waals surface area (Å²) in [5.41, 5.74) is 1.17. The summed E-state index contributed by atoms with van der Waals surface area (Å²) in [6.45, 7) is 0.472. The third-order valence-electron chi connectivity index (χ3n) is 4.06. The van der Waals surface area contributed by atoms with Gasteiger partial charge in [-0.25, -0.2) is 4.79 Å². The van der Waals surface area contributed by atoms with Crippen LogP contribution in [0, 0.1) is 21.4 Å². The molecule has 0 atom stereocenters. The summed E-state index contributed by atoms with van der Waals surface area (Å²) in [6.07, 6.45) is 2.02. The lowest BCUT2D eigenvalue weighted by Gasteiger charge is -2.09. The van der Waals surface area contributed by atoms with Crippen molar-refractivity contribution in [2.75, 3.05) is 6.61 Å². The van der Waals surface area contributed by atoms with Crippen molar-refractivity contribution < 1.29 is 14.1 Å². The maximum absolute atomic E-state index is 11.9. The molecule has 0 aliphatic rings. The molecule has 27 heavy (non-hydrogen) atoms. The van der Waals surface area contributed by atoms with Crippen LogP contribution < -0.4 is 10.4 Å². The molecule has 1 heterocycles. The molecular formula is C20H16N2O5. The average molecular weight is 364 g/mol. The van der Waals surface area contributed by atoms with Crippen molar-refractivity contribution in [3.8, 4) is 22.9 Å². The number of hydrogen-bond donors (Lipinski definition) is 0. The van der Waals surface area contributed by atoms with E-state index in [4.69, 9.17) is 14.4 Å². The minimum absolute atomic E-state index is 0.0156. The van der Waals surface area contributed by atoms with E-state index in [0.29, 0.717) is 40.9 Å². The monoisotopic (exact) mass is 364 g/mol. The Labute approximate surface area is 154 Å². The molecule has 3 aromatic rings. The van der Waals surface area contributed by atoms with Crippen LogP contribution in [0.25, 0.3) is 22.1 Å². The van der Waals surface area contributed by atoms with E-state index in [1.165, 1.54) is 18.2 Å². The van der Waals surface area contributed by atoms with E-state index in [1.54, 1.807) is 30.3 Å². The maximum Gasteiger partial charge on any atom is 0.336 e. The molecule has 0 fully saturated rings. The van der Waals surface area contributed by atoms with E-state index >= 15 is 0 Å². The number of nitriles is 1. The quantitative estimate of drug-likeness (QED) is 0.265. The van der Waals surface area contributed by atoms with Crippen LogP contribution in [0.4, 0.5) is 5.69 Å². The number of nitrogens with zero attached hydrogens (tertiary/aromatic N) is 2. The van der Waals surface area contributed by atoms with Gasteiger partial charge in [0, 0.05) is 36.1 Å². The van der Waals surface area contributed by atoms with E-state index in [1.807, 2.05) is 0 Å². The Balaban J connectivity index is 1.89. The minimum Gasteiger partial charge on any atom is -0.493 e. The van der Waals surface area contributed by atoms with Crippen LogP contribution in [0.15, 0.2) is 57.7 Å². The van der Waals surface area contributed by atoms with Gasteiger partial charge in [-0.15, -0.1) is 0 Å². The number of benzene rings is 2. The zero-order valence-corrected chi connectivity index (χ0v) is 14.4. The molecule has 7 nitrogen and oxygen atoms in total. The molecule has 0 spiro atoms. The highest BCUT2D eigenvalue weighted by molar-refractivity contribution is 5.93. The van der Waals surface area contributed by atoms with E-state index in [0.717, 1.165) is 12.8 Å². The van der Waals surface area contributed by atoms with Gasteiger partial charge < -0.3 is 9.15 Å². The van der Waals surface area contributed by atoms with Gasteiger partial charge in [-0.3, -0.25) is 10.1 Å². The SMILES string of the molecule is N#CCCCCOc1ccc2c(-c3ccc([N+](=O)[O-])cc3)cc(=O)oc2c1. The first-order valence-electron chi connectivity index (χ1n) is 8.41. The molecule has 136 valence electrons. The lowest BCUT2D eigenvalue weighted by atomic mass is 10.0. The van der Waals surface area contributed by atoms with Crippen molar-refractivity contribution >= 4 is 16.7 Å². The second-order valence-corrected chi connectivity index (χ2v) is 5.90. The third kappa shape index (κ3) is 4.30. The van der Waals surface area contributed by atoms with Crippen molar-refractivity contribution in [1.82, 2.24) is 0 Å². The first-order chi connectivity index (χ1) is 13.1. The van der Waals surface area contributed by atoms with Crippen molar-refractivity contribution in [1.29, 1.82) is 5.26 Å². The topological polar surface area (TPSA) is 106 Å². The fourth-order valence-electron chi connectivity index (χ4n) is 2.73. The molecule has 7 heteroatoms. The molecule has 0 radical (unpaired) electrons. The third-order valence-corrected chi connectivity index (χ3v) is 4.06. The van der Waals surface area contributed by atoms with E-state index < -0.39 is 10.5 Å². The lowest BCUT2D eigenvalue weighted by Crippen LogP contribution is -2.00. The molecule has 0 unspecified atom stereocenters. The molecule has 0 aliphatic heterocycles. The molecule has 0 aliphatic carbocycles. The van der Waals surface area contributed by atoms with Gasteiger partial charge in [-0.1, -0.05) is 0 Å². The molecule has 0 bridgehead atoms. The molecule has 0 saturated carbocycles. The molecule has 0 saturated heterocycles. The van der Waals surface area contributed by atoms with Crippen LogP contribution in [-0.4, -0.2) is 11.5 Å². The van der Waals surface area contributed by atoms with Gasteiger partial charge in [0.2, 0.25) is 0 Å². The number of hydrogen-bond acceptors (Lipinski definition) is 6. The normalized spacial score (nSPS) is 10.5. The fourth-order valence-corrected chi connectivity index (χ4v) is 2.73. The van der Waals surface area contributed by atoms with E-state index in [-0.39, 0.29) is 5.69 Å². The van der Waals surface area contributed by atoms with Gasteiger partial charge >= 0.3 is 5.63 Å². The minimum atomic E-state index is -0.512. The highest BCUT2D eigenvalue weighted by atomic mass is 16.6. The number of nitro groups is 1. The van der Waals surface area contributed by atoms with Gasteiger partial charge in [0.15, 0.2) is 0 Å². The van der Waals surface area contributed by atoms with Crippen LogP contribution in [0.3, 0.4) is 0 Å². The summed E-state index contributed by atoms with van der Waals surface area (Å²) in [6, 6.07) is 14.7. The van der Waals surface area contributed by atoms with Crippen molar-refractivity contribution in [2.24, 2.45) is 0 Å². The van der Waals surface area contributed by atoms with Gasteiger partial charge in [-0.05, 0) is 48.2 Å². The molecular weight excluding hydrogens is 348 g/mol. The van der Waals surface area contributed by atoms with Crippen LogP contribution in [0.5, 0.6) is 5.75 Å². The summed E-state index contributed by atoms with van der Waals surface area (Å²) >= 11 is 0. The number of fused-ring (bicyclic) bond motifs is 1. The van der Waals surface area contributed by atoms with E-state index in [9.17, 15) is 14.9 Å². The van der Waals surface area contributed by atoms with Gasteiger partial charge in [-0.2, -0.15) is 5.26 Å². The predicted octanol–water partition coefficient (Wildman–Crippen LogP) is 4.44. The first kappa shape index (κ1) is 18.1. The first-order valence-corrected chi connectivity index (χ1v) is 8.41.